The fraction of sp³-hybridized carbons (Fsp3) is 0.316. The summed E-state index contributed by atoms with van der Waals surface area (Å²) in [6.07, 6.45) is 0.178. The number of carbonyl (C=O) groups is 1. The zero-order valence-electron chi connectivity index (χ0n) is 13.5. The number of aryl methyl sites for hydroxylation is 3. The monoisotopic (exact) mass is 322 g/mol. The lowest BCUT2D eigenvalue weighted by Crippen LogP contribution is -2.17. The van der Waals surface area contributed by atoms with Gasteiger partial charge in [-0.3, -0.25) is 4.79 Å². The summed E-state index contributed by atoms with van der Waals surface area (Å²) < 4.78 is 0. The molecule has 1 aromatic carbocycles. The second kappa shape index (κ2) is 7.22. The number of ketones is 1. The maximum atomic E-state index is 12.5. The molecule has 2 rings (SSSR count). The Morgan fingerprint density at radius 2 is 1.78 bits per heavy atom. The third-order valence-corrected chi connectivity index (χ3v) is 4.90. The van der Waals surface area contributed by atoms with Crippen molar-refractivity contribution in [2.75, 3.05) is 0 Å². The normalized spacial score (nSPS) is 11.7. The van der Waals surface area contributed by atoms with Crippen molar-refractivity contribution in [1.82, 2.24) is 0 Å². The lowest BCUT2D eigenvalue weighted by Gasteiger charge is -2.22. The Morgan fingerprint density at radius 3 is 2.26 bits per heavy atom. The van der Waals surface area contributed by atoms with Crippen molar-refractivity contribution >= 4 is 17.1 Å². The van der Waals surface area contributed by atoms with Crippen molar-refractivity contribution in [3.05, 3.63) is 56.8 Å². The van der Waals surface area contributed by atoms with E-state index in [4.69, 9.17) is 0 Å². The van der Waals surface area contributed by atoms with Gasteiger partial charge in [-0.1, -0.05) is 23.8 Å². The Bertz CT molecular complexity index is 757. The van der Waals surface area contributed by atoms with Crippen LogP contribution in [0.3, 0.4) is 0 Å². The predicted octanol–water partition coefficient (Wildman–Crippen LogP) is 4.69. The molecule has 0 aliphatic rings. The first-order valence-electron chi connectivity index (χ1n) is 7.41. The molecular weight excluding hydrogens is 304 g/mol. The fourth-order valence-electron chi connectivity index (χ4n) is 3.11. The number of Topliss-reactive ketones (excluding diaryl/α,β-unsaturated/α-hetero) is 1. The maximum Gasteiger partial charge on any atom is 0.173 e. The molecule has 23 heavy (non-hydrogen) atoms. The van der Waals surface area contributed by atoms with Gasteiger partial charge < -0.3 is 0 Å². The highest BCUT2D eigenvalue weighted by molar-refractivity contribution is 7.12. The molecule has 0 N–H and O–H groups in total. The fourth-order valence-corrected chi connectivity index (χ4v) is 3.78. The molecular formula is C19H18N2OS. The molecule has 0 saturated carbocycles. The third-order valence-electron chi connectivity index (χ3n) is 3.99. The number of hydrogen-bond acceptors (Lipinski definition) is 4. The molecule has 0 amide bonds. The molecule has 2 aromatic rings. The van der Waals surface area contributed by atoms with E-state index in [1.165, 1.54) is 11.3 Å². The van der Waals surface area contributed by atoms with Gasteiger partial charge in [0, 0.05) is 12.3 Å². The molecule has 0 unspecified atom stereocenters. The van der Waals surface area contributed by atoms with Crippen molar-refractivity contribution in [3.8, 4) is 12.1 Å². The quantitative estimate of drug-likeness (QED) is 0.750. The van der Waals surface area contributed by atoms with E-state index in [2.05, 4.69) is 12.1 Å². The summed E-state index contributed by atoms with van der Waals surface area (Å²) >= 11 is 1.39. The molecule has 116 valence electrons. The smallest absolute Gasteiger partial charge is 0.173 e. The van der Waals surface area contributed by atoms with Crippen molar-refractivity contribution < 1.29 is 4.79 Å². The molecule has 0 aliphatic carbocycles. The van der Waals surface area contributed by atoms with Crippen LogP contribution in [0.25, 0.3) is 0 Å². The second-order valence-electron chi connectivity index (χ2n) is 5.76. The second-order valence-corrected chi connectivity index (χ2v) is 6.71. The van der Waals surface area contributed by atoms with E-state index in [9.17, 15) is 15.3 Å². The molecule has 3 nitrogen and oxygen atoms in total. The molecule has 1 atom stereocenters. The first-order valence-corrected chi connectivity index (χ1v) is 8.29. The summed E-state index contributed by atoms with van der Waals surface area (Å²) in [6, 6.07) is 11.8. The Labute approximate surface area is 140 Å². The number of thiophene rings is 1. The molecule has 0 saturated heterocycles. The van der Waals surface area contributed by atoms with Crippen LogP contribution in [-0.2, 0) is 0 Å². The van der Waals surface area contributed by atoms with Crippen LogP contribution in [0, 0.1) is 49.4 Å². The van der Waals surface area contributed by atoms with Gasteiger partial charge in [0.05, 0.1) is 17.0 Å². The van der Waals surface area contributed by atoms with Crippen LogP contribution < -0.4 is 0 Å². The molecule has 0 radical (unpaired) electrons. The zero-order chi connectivity index (χ0) is 17.0. The lowest BCUT2D eigenvalue weighted by atomic mass is 9.79. The molecule has 0 aliphatic heterocycles. The minimum Gasteiger partial charge on any atom is -0.293 e. The van der Waals surface area contributed by atoms with E-state index >= 15 is 0 Å². The maximum absolute atomic E-state index is 12.5. The van der Waals surface area contributed by atoms with Crippen LogP contribution >= 0.6 is 11.3 Å². The van der Waals surface area contributed by atoms with Gasteiger partial charge in [-0.25, -0.2) is 0 Å². The highest BCUT2D eigenvalue weighted by Gasteiger charge is 2.29. The van der Waals surface area contributed by atoms with Crippen LogP contribution in [-0.4, -0.2) is 5.78 Å². The van der Waals surface area contributed by atoms with Gasteiger partial charge >= 0.3 is 0 Å². The van der Waals surface area contributed by atoms with E-state index < -0.39 is 11.8 Å². The van der Waals surface area contributed by atoms with Crippen LogP contribution in [0.15, 0.2) is 29.6 Å². The molecule has 1 aromatic heterocycles. The van der Waals surface area contributed by atoms with Gasteiger partial charge in [0.15, 0.2) is 5.78 Å². The number of benzene rings is 1. The number of rotatable bonds is 5. The Kier molecular flexibility index (Phi) is 5.32. The first kappa shape index (κ1) is 16.9. The van der Waals surface area contributed by atoms with E-state index in [0.29, 0.717) is 4.88 Å². The SMILES string of the molecule is Cc1cc(C)c([C@H](CC(=O)c2cccs2)C(C#N)C#N)c(C)c1. The molecule has 4 heteroatoms. The molecule has 0 fully saturated rings. The van der Waals surface area contributed by atoms with Gasteiger partial charge in [-0.15, -0.1) is 11.3 Å². The van der Waals surface area contributed by atoms with E-state index in [-0.39, 0.29) is 12.2 Å². The average molecular weight is 322 g/mol. The topological polar surface area (TPSA) is 64.7 Å². The Morgan fingerprint density at radius 1 is 1.17 bits per heavy atom. The zero-order valence-corrected chi connectivity index (χ0v) is 14.3. The predicted molar refractivity (Wildman–Crippen MR) is 91.4 cm³/mol. The van der Waals surface area contributed by atoms with Gasteiger partial charge in [0.1, 0.15) is 5.92 Å². The van der Waals surface area contributed by atoms with E-state index in [0.717, 1.165) is 22.3 Å². The summed E-state index contributed by atoms with van der Waals surface area (Å²) in [4.78, 5) is 13.2. The van der Waals surface area contributed by atoms with Gasteiger partial charge in [0.25, 0.3) is 0 Å². The minimum absolute atomic E-state index is 0.0140. The van der Waals surface area contributed by atoms with Gasteiger partial charge in [-0.2, -0.15) is 10.5 Å². The number of nitrogens with zero attached hydrogens (tertiary/aromatic N) is 2. The highest BCUT2D eigenvalue weighted by Crippen LogP contribution is 2.34. The minimum atomic E-state index is -0.834. The largest absolute Gasteiger partial charge is 0.293 e. The number of carbonyl (C=O) groups excluding carboxylic acids is 1. The van der Waals surface area contributed by atoms with Crippen LogP contribution in [0.2, 0.25) is 0 Å². The molecule has 0 spiro atoms. The Balaban J connectivity index is 2.46. The first-order chi connectivity index (χ1) is 11.0. The van der Waals surface area contributed by atoms with Crippen LogP contribution in [0.5, 0.6) is 0 Å². The number of nitriles is 2. The van der Waals surface area contributed by atoms with Gasteiger partial charge in [-0.05, 0) is 48.9 Å². The van der Waals surface area contributed by atoms with Gasteiger partial charge in [0.2, 0.25) is 0 Å². The summed E-state index contributed by atoms with van der Waals surface area (Å²) in [7, 11) is 0. The van der Waals surface area contributed by atoms with Crippen LogP contribution in [0.1, 0.15) is 44.3 Å². The molecule has 0 bridgehead atoms. The summed E-state index contributed by atoms with van der Waals surface area (Å²) in [6.45, 7) is 5.97. The third kappa shape index (κ3) is 3.67. The lowest BCUT2D eigenvalue weighted by molar-refractivity contribution is 0.0974. The van der Waals surface area contributed by atoms with Crippen molar-refractivity contribution in [2.24, 2.45) is 5.92 Å². The summed E-state index contributed by atoms with van der Waals surface area (Å²) in [5, 5.41) is 20.6. The standard InChI is InChI=1S/C19H18N2OS/c1-12-7-13(2)19(14(3)8-12)16(15(10-20)11-21)9-17(22)18-5-4-6-23-18/h4-8,15-16H,9H2,1-3H3/t16-/m1/s1. The summed E-state index contributed by atoms with van der Waals surface area (Å²) in [5.74, 6) is -1.25. The summed E-state index contributed by atoms with van der Waals surface area (Å²) in [5.41, 5.74) is 4.15. The Hall–Kier alpha value is -2.43. The number of hydrogen-bond donors (Lipinski definition) is 0. The van der Waals surface area contributed by atoms with Crippen LogP contribution in [0.4, 0.5) is 0 Å². The highest BCUT2D eigenvalue weighted by atomic mass is 32.1. The van der Waals surface area contributed by atoms with E-state index in [1.807, 2.05) is 44.4 Å². The van der Waals surface area contributed by atoms with Crippen molar-refractivity contribution in [3.63, 3.8) is 0 Å². The van der Waals surface area contributed by atoms with Crippen molar-refractivity contribution in [2.45, 2.75) is 33.1 Å². The van der Waals surface area contributed by atoms with Crippen molar-refractivity contribution in [1.29, 1.82) is 10.5 Å². The molecule has 1 heterocycles. The average Bonchev–Trinajstić information content (AvgIpc) is 3.01. The van der Waals surface area contributed by atoms with E-state index in [1.54, 1.807) is 6.07 Å².